The van der Waals surface area contributed by atoms with Gasteiger partial charge in [0.05, 0.1) is 29.1 Å². The fraction of sp³-hybridized carbons (Fsp3) is 0.318. The molecule has 0 aliphatic carbocycles. The Kier molecular flexibility index (Phi) is 5.63. The molecule has 0 amide bonds. The van der Waals surface area contributed by atoms with Gasteiger partial charge in [0.1, 0.15) is 6.16 Å². The predicted molar refractivity (Wildman–Crippen MR) is 123 cm³/mol. The molecule has 168 valence electrons. The Morgan fingerprint density at radius 1 is 1.28 bits per heavy atom. The number of nitrogens with zero attached hydrogens (tertiary/aromatic N) is 3. The summed E-state index contributed by atoms with van der Waals surface area (Å²) < 4.78 is 29.2. The Morgan fingerprint density at radius 2 is 2.00 bits per heavy atom. The molecule has 1 aromatic heterocycles. The number of para-hydroxylation sites is 1. The third-order valence-electron chi connectivity index (χ3n) is 5.68. The highest BCUT2D eigenvalue weighted by atomic mass is 31.2. The van der Waals surface area contributed by atoms with Crippen molar-refractivity contribution < 1.29 is 18.3 Å². The Bertz CT molecular complexity index is 1280. The largest absolute Gasteiger partial charge is 0.478 e. The van der Waals surface area contributed by atoms with Crippen LogP contribution < -0.4 is 15.8 Å². The molecule has 1 aliphatic rings. The zero-order chi connectivity index (χ0) is 23.2. The van der Waals surface area contributed by atoms with E-state index in [1.807, 2.05) is 19.9 Å². The van der Waals surface area contributed by atoms with Crippen molar-refractivity contribution in [2.24, 2.45) is 7.05 Å². The zero-order valence-corrected chi connectivity index (χ0v) is 18.9. The summed E-state index contributed by atoms with van der Waals surface area (Å²) in [5, 5.41) is 13.1. The normalized spacial score (nSPS) is 16.3. The predicted octanol–water partition coefficient (Wildman–Crippen LogP) is 4.68. The van der Waals surface area contributed by atoms with Gasteiger partial charge >= 0.3 is 13.9 Å². The lowest BCUT2D eigenvalue weighted by atomic mass is 10.0. The summed E-state index contributed by atoms with van der Waals surface area (Å²) in [5.74, 6) is -0.829. The number of rotatable bonds is 5. The molecule has 1 atom stereocenters. The molecule has 3 aromatic rings. The molecule has 0 spiro atoms. The lowest BCUT2D eigenvalue weighted by Gasteiger charge is -2.22. The van der Waals surface area contributed by atoms with Crippen LogP contribution in [0.4, 0.5) is 20.0 Å². The minimum Gasteiger partial charge on any atom is -0.478 e. The number of aryl methyl sites for hydroxylation is 1. The number of hydrogen-bond acceptors (Lipinski definition) is 5. The fourth-order valence-corrected chi connectivity index (χ4v) is 5.52. The molecule has 1 aliphatic heterocycles. The van der Waals surface area contributed by atoms with E-state index in [0.29, 0.717) is 22.2 Å². The first-order valence-electron chi connectivity index (χ1n) is 10.2. The van der Waals surface area contributed by atoms with Gasteiger partial charge in [0.15, 0.2) is 6.29 Å². The van der Waals surface area contributed by atoms with E-state index < -0.39 is 19.9 Å². The average molecular weight is 461 g/mol. The number of carboxylic acid groups (broad SMARTS) is 1. The molecular formula is C22H24F2N4O3P+. The standard InChI is InChI=1S/C22H23F2N4O3P/c1-13-10-16(14(2)25-18-7-5-4-6-15(18)21(30)31)19-17(11-13)20(29)27(3)22(26-19)28-8-9-32(23,24)12-28/h4-7,10-11,14,25H,8-9,12H2,1-3H3/p+1. The van der Waals surface area contributed by atoms with Crippen molar-refractivity contribution in [3.8, 4) is 0 Å². The lowest BCUT2D eigenvalue weighted by molar-refractivity contribution is 0.0698. The van der Waals surface area contributed by atoms with Gasteiger partial charge in [0, 0.05) is 18.3 Å². The number of fused-ring (bicyclic) bond motifs is 1. The maximum atomic E-state index is 13.9. The van der Waals surface area contributed by atoms with E-state index in [0.717, 1.165) is 5.56 Å². The molecule has 0 radical (unpaired) electrons. The van der Waals surface area contributed by atoms with E-state index in [2.05, 4.69) is 10.3 Å². The van der Waals surface area contributed by atoms with Gasteiger partial charge in [-0.05, 0) is 46.0 Å². The molecule has 0 saturated carbocycles. The fourth-order valence-electron chi connectivity index (χ4n) is 4.08. The van der Waals surface area contributed by atoms with Gasteiger partial charge in [-0.15, -0.1) is 0 Å². The number of benzene rings is 2. The third kappa shape index (κ3) is 4.05. The molecule has 2 aromatic carbocycles. The van der Waals surface area contributed by atoms with Crippen LogP contribution in [0.3, 0.4) is 0 Å². The van der Waals surface area contributed by atoms with Crippen molar-refractivity contribution in [3.63, 3.8) is 0 Å². The minimum atomic E-state index is -4.01. The lowest BCUT2D eigenvalue weighted by Crippen LogP contribution is -2.30. The number of carbonyl (C=O) groups is 1. The third-order valence-corrected chi connectivity index (χ3v) is 7.29. The van der Waals surface area contributed by atoms with Crippen LogP contribution in [0.15, 0.2) is 41.2 Å². The van der Waals surface area contributed by atoms with Crippen LogP contribution in [0.2, 0.25) is 0 Å². The molecule has 0 bridgehead atoms. The SMILES string of the molecule is Cc1cc(C(C)Nc2ccccc2C(=O)O)c2nc(N3CC[P+](F)(F)C3)n(C)c(=O)c2c1. The van der Waals surface area contributed by atoms with Crippen LogP contribution in [0.25, 0.3) is 10.9 Å². The quantitative estimate of drug-likeness (QED) is 0.537. The molecule has 1 fully saturated rings. The van der Waals surface area contributed by atoms with E-state index in [1.54, 1.807) is 31.3 Å². The van der Waals surface area contributed by atoms with Crippen molar-refractivity contribution in [2.45, 2.75) is 19.9 Å². The summed E-state index contributed by atoms with van der Waals surface area (Å²) >= 11 is 0. The van der Waals surface area contributed by atoms with Gasteiger partial charge in [-0.1, -0.05) is 18.2 Å². The maximum absolute atomic E-state index is 13.9. The summed E-state index contributed by atoms with van der Waals surface area (Å²) in [6, 6.07) is 9.79. The molecule has 10 heteroatoms. The van der Waals surface area contributed by atoms with Gasteiger partial charge in [-0.2, -0.15) is 0 Å². The zero-order valence-electron chi connectivity index (χ0n) is 18.0. The Morgan fingerprint density at radius 3 is 2.66 bits per heavy atom. The first-order valence-corrected chi connectivity index (χ1v) is 12.1. The highest BCUT2D eigenvalue weighted by Crippen LogP contribution is 2.65. The Hall–Kier alpha value is -3.06. The van der Waals surface area contributed by atoms with Crippen LogP contribution in [0.1, 0.15) is 34.5 Å². The summed E-state index contributed by atoms with van der Waals surface area (Å²) in [4.78, 5) is 30.8. The average Bonchev–Trinajstić information content (AvgIpc) is 3.10. The van der Waals surface area contributed by atoms with Crippen molar-refractivity contribution in [2.75, 3.05) is 29.2 Å². The molecule has 2 heterocycles. The van der Waals surface area contributed by atoms with E-state index in [9.17, 15) is 23.1 Å². The summed E-state index contributed by atoms with van der Waals surface area (Å²) in [6.07, 6.45) is -0.550. The summed E-state index contributed by atoms with van der Waals surface area (Å²) in [7, 11) is -2.46. The van der Waals surface area contributed by atoms with Gasteiger partial charge in [-0.25, -0.2) is 9.78 Å². The first-order chi connectivity index (χ1) is 15.1. The maximum Gasteiger partial charge on any atom is 0.408 e. The number of carboxylic acids is 1. The number of aromatic nitrogens is 2. The van der Waals surface area contributed by atoms with Crippen LogP contribution in [0, 0.1) is 6.92 Å². The van der Waals surface area contributed by atoms with E-state index >= 15 is 0 Å². The Labute approximate surface area is 184 Å². The highest BCUT2D eigenvalue weighted by molar-refractivity contribution is 7.66. The van der Waals surface area contributed by atoms with Crippen molar-refractivity contribution >= 4 is 36.4 Å². The number of halogens is 2. The molecule has 7 nitrogen and oxygen atoms in total. The summed E-state index contributed by atoms with van der Waals surface area (Å²) in [6.45, 7) is 3.87. The van der Waals surface area contributed by atoms with Crippen molar-refractivity contribution in [3.05, 3.63) is 63.4 Å². The monoisotopic (exact) mass is 461 g/mol. The second kappa shape index (κ2) is 8.13. The Balaban J connectivity index is 1.83. The summed E-state index contributed by atoms with van der Waals surface area (Å²) in [5.41, 5.74) is 2.23. The molecular weight excluding hydrogens is 437 g/mol. The second-order valence-corrected chi connectivity index (χ2v) is 10.4. The first kappa shape index (κ1) is 22.1. The van der Waals surface area contributed by atoms with E-state index in [4.69, 9.17) is 0 Å². The topological polar surface area (TPSA) is 87.5 Å². The van der Waals surface area contributed by atoms with Crippen molar-refractivity contribution in [1.29, 1.82) is 0 Å². The number of aromatic carboxylic acids is 1. The molecule has 2 N–H and O–H groups in total. The van der Waals surface area contributed by atoms with E-state index in [1.165, 1.54) is 15.5 Å². The van der Waals surface area contributed by atoms with Crippen LogP contribution in [-0.4, -0.2) is 39.6 Å². The molecule has 1 unspecified atom stereocenters. The van der Waals surface area contributed by atoms with Crippen molar-refractivity contribution in [1.82, 2.24) is 9.55 Å². The minimum absolute atomic E-state index is 0.129. The molecule has 32 heavy (non-hydrogen) atoms. The molecule has 4 rings (SSSR count). The number of anilines is 2. The number of hydrogen-bond donors (Lipinski definition) is 2. The van der Waals surface area contributed by atoms with Crippen LogP contribution in [-0.2, 0) is 7.05 Å². The van der Waals surface area contributed by atoms with Gasteiger partial charge < -0.3 is 15.3 Å². The molecule has 1 saturated heterocycles. The second-order valence-electron chi connectivity index (χ2n) is 8.14. The van der Waals surface area contributed by atoms with Gasteiger partial charge in [0.2, 0.25) is 5.95 Å². The van der Waals surface area contributed by atoms with Crippen LogP contribution in [0.5, 0.6) is 0 Å². The van der Waals surface area contributed by atoms with Gasteiger partial charge in [0.25, 0.3) is 5.56 Å². The van der Waals surface area contributed by atoms with Gasteiger partial charge in [-0.3, -0.25) is 9.36 Å². The van der Waals surface area contributed by atoms with E-state index in [-0.39, 0.29) is 36.1 Å². The number of nitrogens with one attached hydrogen (secondary N) is 1. The smallest absolute Gasteiger partial charge is 0.408 e. The highest BCUT2D eigenvalue weighted by Gasteiger charge is 2.50. The van der Waals surface area contributed by atoms with Crippen LogP contribution >= 0.6 is 7.88 Å².